The number of anilines is 1. The lowest BCUT2D eigenvalue weighted by Gasteiger charge is -2.24. The van der Waals surface area contributed by atoms with Crippen molar-refractivity contribution < 1.29 is 27.1 Å². The molecule has 0 atom stereocenters. The van der Waals surface area contributed by atoms with Gasteiger partial charge >= 0.3 is 0 Å². The number of ether oxygens (including phenoxy) is 2. The zero-order valence-corrected chi connectivity index (χ0v) is 17.6. The van der Waals surface area contributed by atoms with Gasteiger partial charge in [-0.3, -0.25) is 9.10 Å². The van der Waals surface area contributed by atoms with Crippen LogP contribution in [0.25, 0.3) is 0 Å². The van der Waals surface area contributed by atoms with Gasteiger partial charge < -0.3 is 19.2 Å². The minimum atomic E-state index is -3.70. The van der Waals surface area contributed by atoms with Crippen molar-refractivity contribution in [3.63, 3.8) is 0 Å². The van der Waals surface area contributed by atoms with Gasteiger partial charge in [-0.1, -0.05) is 0 Å². The molecule has 0 saturated carbocycles. The first-order valence-corrected chi connectivity index (χ1v) is 11.4. The van der Waals surface area contributed by atoms with Crippen LogP contribution in [0.15, 0.2) is 41.0 Å². The molecule has 1 N–H and O–H groups in total. The van der Waals surface area contributed by atoms with E-state index >= 15 is 0 Å². The van der Waals surface area contributed by atoms with E-state index in [2.05, 4.69) is 5.32 Å². The normalized spacial score (nSPS) is 11.1. The average molecular weight is 429 g/mol. The molecule has 0 spiro atoms. The largest absolute Gasteiger partial charge is 0.497 e. The Labute approximate surface area is 169 Å². The predicted octanol–water partition coefficient (Wildman–Crippen LogP) is 2.11. The Morgan fingerprint density at radius 3 is 2.64 bits per heavy atom. The third-order valence-corrected chi connectivity index (χ3v) is 5.84. The van der Waals surface area contributed by atoms with Crippen LogP contribution in [0.1, 0.15) is 5.76 Å². The van der Waals surface area contributed by atoms with E-state index in [4.69, 9.17) is 13.9 Å². The fourth-order valence-corrected chi connectivity index (χ4v) is 4.00. The van der Waals surface area contributed by atoms with Gasteiger partial charge in [0, 0.05) is 18.4 Å². The van der Waals surface area contributed by atoms with Crippen LogP contribution in [0.3, 0.4) is 0 Å². The Balaban J connectivity index is 1.96. The summed E-state index contributed by atoms with van der Waals surface area (Å²) in [6.45, 7) is 0.0753. The maximum Gasteiger partial charge on any atom is 0.240 e. The van der Waals surface area contributed by atoms with Crippen LogP contribution in [0.2, 0.25) is 0 Å². The molecule has 0 unspecified atom stereocenters. The van der Waals surface area contributed by atoms with Gasteiger partial charge in [-0.25, -0.2) is 8.42 Å². The average Bonchev–Trinajstić information content (AvgIpc) is 3.18. The summed E-state index contributed by atoms with van der Waals surface area (Å²) < 4.78 is 41.1. The summed E-state index contributed by atoms with van der Waals surface area (Å²) >= 11 is 1.61. The molecule has 0 aliphatic carbocycles. The van der Waals surface area contributed by atoms with Crippen LogP contribution in [0.4, 0.5) is 5.69 Å². The van der Waals surface area contributed by atoms with Crippen molar-refractivity contribution >= 4 is 33.4 Å². The monoisotopic (exact) mass is 428 g/mol. The second-order valence-corrected chi connectivity index (χ2v) is 8.80. The predicted molar refractivity (Wildman–Crippen MR) is 110 cm³/mol. The maximum atomic E-state index is 12.3. The lowest BCUT2D eigenvalue weighted by Crippen LogP contribution is -2.41. The highest BCUT2D eigenvalue weighted by atomic mass is 32.2. The van der Waals surface area contributed by atoms with Crippen molar-refractivity contribution in [1.82, 2.24) is 5.32 Å². The van der Waals surface area contributed by atoms with Crippen molar-refractivity contribution in [1.29, 1.82) is 0 Å². The second kappa shape index (κ2) is 10.3. The van der Waals surface area contributed by atoms with Crippen molar-refractivity contribution in [2.24, 2.45) is 0 Å². The molecular weight excluding hydrogens is 404 g/mol. The van der Waals surface area contributed by atoms with E-state index in [9.17, 15) is 13.2 Å². The molecule has 1 heterocycles. The third kappa shape index (κ3) is 6.38. The first-order valence-electron chi connectivity index (χ1n) is 8.41. The first kappa shape index (κ1) is 22.0. The van der Waals surface area contributed by atoms with Gasteiger partial charge in [-0.2, -0.15) is 11.8 Å². The zero-order chi connectivity index (χ0) is 20.6. The van der Waals surface area contributed by atoms with Crippen molar-refractivity contribution in [3.05, 3.63) is 42.4 Å². The maximum absolute atomic E-state index is 12.3. The van der Waals surface area contributed by atoms with E-state index < -0.39 is 15.9 Å². The molecule has 1 aromatic carbocycles. The van der Waals surface area contributed by atoms with Gasteiger partial charge in [-0.15, -0.1) is 0 Å². The topological polar surface area (TPSA) is 98.1 Å². The molecule has 1 amide bonds. The van der Waals surface area contributed by atoms with Gasteiger partial charge in [0.15, 0.2) is 0 Å². The molecule has 28 heavy (non-hydrogen) atoms. The number of nitrogens with zero attached hydrogens (tertiary/aromatic N) is 1. The number of rotatable bonds is 11. The van der Waals surface area contributed by atoms with Crippen LogP contribution in [0, 0.1) is 0 Å². The summed E-state index contributed by atoms with van der Waals surface area (Å²) in [5, 5.41) is 2.73. The fourth-order valence-electron chi connectivity index (χ4n) is 2.39. The van der Waals surface area contributed by atoms with Crippen molar-refractivity contribution in [2.45, 2.75) is 5.75 Å². The SMILES string of the molecule is COc1ccc(N(CC(=O)NCCSCc2ccco2)S(C)(=O)=O)c(OC)c1. The van der Waals surface area contributed by atoms with Gasteiger partial charge in [-0.05, 0) is 24.3 Å². The third-order valence-electron chi connectivity index (χ3n) is 3.74. The molecule has 0 fully saturated rings. The quantitative estimate of drug-likeness (QED) is 0.547. The number of nitrogens with one attached hydrogen (secondary N) is 1. The molecule has 0 saturated heterocycles. The number of thioether (sulfide) groups is 1. The number of hydrogen-bond donors (Lipinski definition) is 1. The summed E-state index contributed by atoms with van der Waals surface area (Å²) in [5.41, 5.74) is 0.271. The smallest absolute Gasteiger partial charge is 0.240 e. The number of amides is 1. The van der Waals surface area contributed by atoms with E-state index in [0.29, 0.717) is 29.5 Å². The molecule has 0 aliphatic rings. The molecule has 154 valence electrons. The molecule has 10 heteroatoms. The number of carbonyl (C=O) groups excluding carboxylic acids is 1. The first-order chi connectivity index (χ1) is 13.3. The Morgan fingerprint density at radius 2 is 2.04 bits per heavy atom. The number of carbonyl (C=O) groups is 1. The zero-order valence-electron chi connectivity index (χ0n) is 16.0. The number of sulfonamides is 1. The number of furan rings is 1. The molecule has 0 radical (unpaired) electrons. The van der Waals surface area contributed by atoms with Crippen LogP contribution in [-0.2, 0) is 20.6 Å². The molecule has 8 nitrogen and oxygen atoms in total. The summed E-state index contributed by atoms with van der Waals surface area (Å²) in [5.74, 6) is 2.67. The number of hydrogen-bond acceptors (Lipinski definition) is 7. The lowest BCUT2D eigenvalue weighted by atomic mass is 10.2. The second-order valence-electron chi connectivity index (χ2n) is 5.79. The summed E-state index contributed by atoms with van der Waals surface area (Å²) in [7, 11) is -0.770. The lowest BCUT2D eigenvalue weighted by molar-refractivity contribution is -0.119. The molecular formula is C18H24N2O6S2. The molecule has 0 aliphatic heterocycles. The van der Waals surface area contributed by atoms with Crippen LogP contribution in [0.5, 0.6) is 11.5 Å². The van der Waals surface area contributed by atoms with E-state index in [1.54, 1.807) is 36.2 Å². The number of benzene rings is 1. The summed E-state index contributed by atoms with van der Waals surface area (Å²) in [6, 6.07) is 8.43. The van der Waals surface area contributed by atoms with Crippen LogP contribution < -0.4 is 19.1 Å². The molecule has 2 rings (SSSR count). The minimum absolute atomic E-state index is 0.271. The van der Waals surface area contributed by atoms with Crippen LogP contribution in [-0.4, -0.2) is 53.6 Å². The van der Waals surface area contributed by atoms with Gasteiger partial charge in [0.05, 0.1) is 38.2 Å². The van der Waals surface area contributed by atoms with Gasteiger partial charge in [0.1, 0.15) is 23.8 Å². The Bertz CT molecular complexity index is 868. The Hall–Kier alpha value is -2.33. The summed E-state index contributed by atoms with van der Waals surface area (Å²) in [4.78, 5) is 12.3. The van der Waals surface area contributed by atoms with Crippen LogP contribution >= 0.6 is 11.8 Å². The standard InChI is InChI=1S/C18H24N2O6S2/c1-24-14-6-7-16(17(11-14)25-2)20(28(3,22)23)12-18(21)19-8-10-27-13-15-5-4-9-26-15/h4-7,9,11H,8,10,12-13H2,1-3H3,(H,19,21). The highest BCUT2D eigenvalue weighted by Crippen LogP contribution is 2.33. The molecule has 1 aromatic heterocycles. The van der Waals surface area contributed by atoms with E-state index in [-0.39, 0.29) is 12.2 Å². The van der Waals surface area contributed by atoms with E-state index in [1.165, 1.54) is 14.2 Å². The number of methoxy groups -OCH3 is 2. The van der Waals surface area contributed by atoms with Crippen molar-refractivity contribution in [2.75, 3.05) is 43.6 Å². The van der Waals surface area contributed by atoms with E-state index in [0.717, 1.165) is 16.3 Å². The Kier molecular flexibility index (Phi) is 8.06. The van der Waals surface area contributed by atoms with Gasteiger partial charge in [0.25, 0.3) is 0 Å². The van der Waals surface area contributed by atoms with E-state index in [1.807, 2.05) is 12.1 Å². The Morgan fingerprint density at radius 1 is 1.25 bits per heavy atom. The van der Waals surface area contributed by atoms with Gasteiger partial charge in [0.2, 0.25) is 15.9 Å². The fraction of sp³-hybridized carbons (Fsp3) is 0.389. The highest BCUT2D eigenvalue weighted by molar-refractivity contribution is 7.98. The van der Waals surface area contributed by atoms with Crippen molar-refractivity contribution in [3.8, 4) is 11.5 Å². The molecule has 0 bridgehead atoms. The minimum Gasteiger partial charge on any atom is -0.497 e. The summed E-state index contributed by atoms with van der Waals surface area (Å²) in [6.07, 6.45) is 2.66. The molecule has 2 aromatic rings. The highest BCUT2D eigenvalue weighted by Gasteiger charge is 2.24.